The van der Waals surface area contributed by atoms with Crippen LogP contribution in [0.2, 0.25) is 0 Å². The molecule has 1 aromatic carbocycles. The van der Waals surface area contributed by atoms with Crippen molar-refractivity contribution in [3.05, 3.63) is 35.7 Å². The Balaban J connectivity index is 1.72. The number of aromatic nitrogens is 2. The van der Waals surface area contributed by atoms with Crippen LogP contribution in [-0.2, 0) is 15.8 Å². The quantitative estimate of drug-likeness (QED) is 0.846. The van der Waals surface area contributed by atoms with Gasteiger partial charge in [0.05, 0.1) is 0 Å². The molecule has 10 heteroatoms. The van der Waals surface area contributed by atoms with Crippen LogP contribution in [-0.4, -0.2) is 40.8 Å². The Morgan fingerprint density at radius 3 is 2.48 bits per heavy atom. The lowest BCUT2D eigenvalue weighted by Crippen LogP contribution is -2.29. The average Bonchev–Trinajstić information content (AvgIpc) is 3.23. The predicted octanol–water partition coefficient (Wildman–Crippen LogP) is 2.66. The van der Waals surface area contributed by atoms with Gasteiger partial charge < -0.3 is 14.3 Å². The SMILES string of the molecule is CN(C)C(=O)C1=NOC(c2ccc(-c3noc(C(F)(F)F)n3)cc2)C1. The number of rotatable bonds is 3. The van der Waals surface area contributed by atoms with Crippen molar-refractivity contribution in [1.29, 1.82) is 0 Å². The van der Waals surface area contributed by atoms with Crippen molar-refractivity contribution in [3.63, 3.8) is 0 Å². The standard InChI is InChI=1S/C15H13F3N4O3/c1-22(2)13(23)10-7-11(24-20-10)8-3-5-9(6-4-8)12-19-14(25-21-12)15(16,17)18/h3-6,11H,7H2,1-2H3. The van der Waals surface area contributed by atoms with Crippen LogP contribution in [0.1, 0.15) is 24.0 Å². The van der Waals surface area contributed by atoms with Crippen LogP contribution in [0.15, 0.2) is 33.9 Å². The Kier molecular flexibility index (Phi) is 4.19. The van der Waals surface area contributed by atoms with Gasteiger partial charge in [-0.1, -0.05) is 34.6 Å². The predicted molar refractivity (Wildman–Crippen MR) is 79.3 cm³/mol. The Labute approximate surface area is 140 Å². The van der Waals surface area contributed by atoms with Crippen LogP contribution >= 0.6 is 0 Å². The molecule has 1 aromatic heterocycles. The summed E-state index contributed by atoms with van der Waals surface area (Å²) in [6.07, 6.45) is -4.80. The molecule has 0 saturated carbocycles. The molecular formula is C15H13F3N4O3. The molecule has 1 aliphatic rings. The van der Waals surface area contributed by atoms with Gasteiger partial charge in [-0.3, -0.25) is 4.79 Å². The fourth-order valence-corrected chi connectivity index (χ4v) is 2.24. The van der Waals surface area contributed by atoms with Crippen LogP contribution in [0.5, 0.6) is 0 Å². The van der Waals surface area contributed by atoms with E-state index in [1.165, 1.54) is 4.90 Å². The monoisotopic (exact) mass is 354 g/mol. The first-order valence-electron chi connectivity index (χ1n) is 7.21. The summed E-state index contributed by atoms with van der Waals surface area (Å²) in [7, 11) is 3.24. The lowest BCUT2D eigenvalue weighted by atomic mass is 10.0. The second-order valence-electron chi connectivity index (χ2n) is 5.58. The van der Waals surface area contributed by atoms with E-state index >= 15 is 0 Å². The molecule has 1 atom stereocenters. The van der Waals surface area contributed by atoms with Gasteiger partial charge in [0.2, 0.25) is 5.82 Å². The third-order valence-electron chi connectivity index (χ3n) is 3.53. The summed E-state index contributed by atoms with van der Waals surface area (Å²) in [6, 6.07) is 6.41. The first-order chi connectivity index (χ1) is 11.8. The molecule has 2 aromatic rings. The highest BCUT2D eigenvalue weighted by Gasteiger charge is 2.38. The summed E-state index contributed by atoms with van der Waals surface area (Å²) in [5.74, 6) is -1.79. The largest absolute Gasteiger partial charge is 0.471 e. The number of hydrogen-bond acceptors (Lipinski definition) is 6. The van der Waals surface area contributed by atoms with Gasteiger partial charge in [0, 0.05) is 26.1 Å². The molecule has 1 unspecified atom stereocenters. The smallest absolute Gasteiger partial charge is 0.387 e. The minimum Gasteiger partial charge on any atom is -0.387 e. The second-order valence-corrected chi connectivity index (χ2v) is 5.58. The molecule has 1 amide bonds. The van der Waals surface area contributed by atoms with Gasteiger partial charge in [0.25, 0.3) is 5.91 Å². The second kappa shape index (κ2) is 6.19. The van der Waals surface area contributed by atoms with E-state index in [-0.39, 0.29) is 11.7 Å². The number of carbonyl (C=O) groups excluding carboxylic acids is 1. The highest BCUT2D eigenvalue weighted by atomic mass is 19.4. The molecule has 1 aliphatic heterocycles. The van der Waals surface area contributed by atoms with Crippen molar-refractivity contribution in [2.45, 2.75) is 18.7 Å². The van der Waals surface area contributed by atoms with Gasteiger partial charge in [-0.05, 0) is 5.56 Å². The van der Waals surface area contributed by atoms with Gasteiger partial charge in [-0.15, -0.1) is 0 Å². The van der Waals surface area contributed by atoms with Crippen molar-refractivity contribution in [3.8, 4) is 11.4 Å². The summed E-state index contributed by atoms with van der Waals surface area (Å²) >= 11 is 0. The molecule has 0 bridgehead atoms. The number of benzene rings is 1. The molecule has 3 rings (SSSR count). The van der Waals surface area contributed by atoms with E-state index in [0.29, 0.717) is 17.7 Å². The van der Waals surface area contributed by atoms with E-state index in [2.05, 4.69) is 19.8 Å². The number of oxime groups is 1. The lowest BCUT2D eigenvalue weighted by Gasteiger charge is -2.10. The number of hydrogen-bond donors (Lipinski definition) is 0. The van der Waals surface area contributed by atoms with Gasteiger partial charge in [-0.25, -0.2) is 0 Å². The summed E-state index contributed by atoms with van der Waals surface area (Å²) in [4.78, 5) is 21.8. The van der Waals surface area contributed by atoms with E-state index in [4.69, 9.17) is 4.84 Å². The maximum absolute atomic E-state index is 12.5. The molecule has 0 fully saturated rings. The van der Waals surface area contributed by atoms with Gasteiger partial charge in [0.1, 0.15) is 5.71 Å². The lowest BCUT2D eigenvalue weighted by molar-refractivity contribution is -0.159. The number of amides is 1. The van der Waals surface area contributed by atoms with Gasteiger partial charge in [0.15, 0.2) is 6.10 Å². The summed E-state index contributed by atoms with van der Waals surface area (Å²) < 4.78 is 41.7. The normalized spacial score (nSPS) is 17.2. The Bertz CT molecular complexity index is 812. The molecule has 132 valence electrons. The molecule has 0 aliphatic carbocycles. The zero-order valence-corrected chi connectivity index (χ0v) is 13.2. The molecule has 25 heavy (non-hydrogen) atoms. The summed E-state index contributed by atoms with van der Waals surface area (Å²) in [6.45, 7) is 0. The Morgan fingerprint density at radius 1 is 1.24 bits per heavy atom. The maximum atomic E-state index is 12.5. The van der Waals surface area contributed by atoms with Crippen LogP contribution in [0.3, 0.4) is 0 Å². The van der Waals surface area contributed by atoms with Gasteiger partial charge in [-0.2, -0.15) is 18.2 Å². The van der Waals surface area contributed by atoms with Crippen molar-refractivity contribution in [2.24, 2.45) is 5.16 Å². The first-order valence-corrected chi connectivity index (χ1v) is 7.21. The molecule has 0 N–H and O–H groups in total. The van der Waals surface area contributed by atoms with Gasteiger partial charge >= 0.3 is 12.1 Å². The van der Waals surface area contributed by atoms with Crippen molar-refractivity contribution < 1.29 is 27.3 Å². The van der Waals surface area contributed by atoms with E-state index in [9.17, 15) is 18.0 Å². The molecule has 0 spiro atoms. The highest BCUT2D eigenvalue weighted by molar-refractivity contribution is 6.38. The van der Waals surface area contributed by atoms with Crippen LogP contribution in [0.25, 0.3) is 11.4 Å². The minimum atomic E-state index is -4.68. The summed E-state index contributed by atoms with van der Waals surface area (Å²) in [5, 5.41) is 7.11. The topological polar surface area (TPSA) is 80.8 Å². The van der Waals surface area contributed by atoms with Crippen LogP contribution < -0.4 is 0 Å². The molecule has 0 radical (unpaired) electrons. The molecule has 2 heterocycles. The third kappa shape index (κ3) is 3.47. The van der Waals surface area contributed by atoms with Crippen molar-refractivity contribution in [2.75, 3.05) is 14.1 Å². The maximum Gasteiger partial charge on any atom is 0.471 e. The van der Waals surface area contributed by atoms with E-state index in [1.54, 1.807) is 38.4 Å². The van der Waals surface area contributed by atoms with E-state index in [1.807, 2.05) is 0 Å². The Hall–Kier alpha value is -2.91. The first kappa shape index (κ1) is 16.9. The van der Waals surface area contributed by atoms with Crippen molar-refractivity contribution in [1.82, 2.24) is 15.0 Å². The number of carbonyl (C=O) groups is 1. The third-order valence-corrected chi connectivity index (χ3v) is 3.53. The highest BCUT2D eigenvalue weighted by Crippen LogP contribution is 2.31. The van der Waals surface area contributed by atoms with E-state index < -0.39 is 18.2 Å². The fraction of sp³-hybridized carbons (Fsp3) is 0.333. The van der Waals surface area contributed by atoms with Crippen LogP contribution in [0, 0.1) is 0 Å². The number of halogens is 3. The zero-order valence-electron chi connectivity index (χ0n) is 13.2. The number of nitrogens with zero attached hydrogens (tertiary/aromatic N) is 4. The fourth-order valence-electron chi connectivity index (χ4n) is 2.24. The molecular weight excluding hydrogens is 341 g/mol. The number of alkyl halides is 3. The van der Waals surface area contributed by atoms with E-state index in [0.717, 1.165) is 5.56 Å². The molecule has 0 saturated heterocycles. The van der Waals surface area contributed by atoms with Crippen molar-refractivity contribution >= 4 is 11.6 Å². The summed E-state index contributed by atoms with van der Waals surface area (Å²) in [5.41, 5.74) is 1.41. The van der Waals surface area contributed by atoms with Crippen LogP contribution in [0.4, 0.5) is 13.2 Å². The average molecular weight is 354 g/mol. The Morgan fingerprint density at radius 2 is 1.92 bits per heavy atom. The minimum absolute atomic E-state index is 0.161. The zero-order chi connectivity index (χ0) is 18.2. The molecule has 7 nitrogen and oxygen atoms in total.